The van der Waals surface area contributed by atoms with E-state index < -0.39 is 102 Å². The largest absolute Gasteiger partial charge is 0.368 e. The molecule has 2 aliphatic carbocycles. The SMILES string of the molecule is CC(C)[C@H](NC(=O)[C@H](CCCCN)NC(=O)[C@@H](Cc1c[nH]c2ccccc12)NC(=O)[C@H](Cc1cccnc1)NC(=O)[C@@H](CS)NC(=O)C(N)C1Cc2ccccc2C1)C(=O)N[C@@H](CS)C(=O)NC(C(N)=O)C1Cc2ccccc2C1. The Morgan fingerprint density at radius 3 is 1.64 bits per heavy atom. The van der Waals surface area contributed by atoms with E-state index in [4.69, 9.17) is 17.2 Å². The average Bonchev–Trinajstić information content (AvgIpc) is 4.21. The first-order chi connectivity index (χ1) is 38.5. The Bertz CT molecular complexity index is 2950. The number of nitrogens with zero attached hydrogens (tertiary/aromatic N) is 1. The summed E-state index contributed by atoms with van der Waals surface area (Å²) in [5.74, 6) is -6.92. The molecule has 0 bridgehead atoms. The molecule has 0 spiro atoms. The number of amides is 8. The van der Waals surface area contributed by atoms with Crippen molar-refractivity contribution in [2.45, 2.75) is 120 Å². The molecule has 0 saturated heterocycles. The van der Waals surface area contributed by atoms with Crippen LogP contribution in [0.1, 0.15) is 66.5 Å². The zero-order valence-electron chi connectivity index (χ0n) is 45.0. The van der Waals surface area contributed by atoms with Crippen molar-refractivity contribution in [1.82, 2.24) is 47.2 Å². The maximum absolute atomic E-state index is 14.8. The van der Waals surface area contributed by atoms with Crippen molar-refractivity contribution in [2.24, 2.45) is 35.0 Å². The van der Waals surface area contributed by atoms with Crippen LogP contribution in [0.2, 0.25) is 0 Å². The first kappa shape index (κ1) is 60.4. The van der Waals surface area contributed by atoms with Crippen molar-refractivity contribution >= 4 is 83.4 Å². The fourth-order valence-electron chi connectivity index (χ4n) is 10.5. The lowest BCUT2D eigenvalue weighted by molar-refractivity contribution is -0.136. The maximum atomic E-state index is 14.8. The second-order valence-corrected chi connectivity index (χ2v) is 21.8. The highest BCUT2D eigenvalue weighted by Crippen LogP contribution is 2.30. The van der Waals surface area contributed by atoms with Gasteiger partial charge in [0, 0.05) is 53.8 Å². The number of nitrogens with two attached hydrogens (primary N) is 3. The van der Waals surface area contributed by atoms with Crippen LogP contribution in [0.4, 0.5) is 0 Å². The molecule has 0 aliphatic heterocycles. The molecule has 0 saturated carbocycles. The molecule has 2 aliphatic rings. The van der Waals surface area contributed by atoms with Gasteiger partial charge in [0.05, 0.1) is 6.04 Å². The van der Waals surface area contributed by atoms with Gasteiger partial charge in [0.2, 0.25) is 47.3 Å². The predicted molar refractivity (Wildman–Crippen MR) is 311 cm³/mol. The summed E-state index contributed by atoms with van der Waals surface area (Å²) in [6.45, 7) is 3.70. The number of H-pyrrole nitrogens is 1. The van der Waals surface area contributed by atoms with E-state index in [1.807, 2.05) is 72.8 Å². The predicted octanol–water partition coefficient (Wildman–Crippen LogP) is 1.03. The van der Waals surface area contributed by atoms with Crippen LogP contribution >= 0.6 is 25.3 Å². The number of unbranched alkanes of at least 4 members (excludes halogenated alkanes) is 1. The van der Waals surface area contributed by atoms with Gasteiger partial charge in [-0.1, -0.05) is 86.6 Å². The molecule has 14 N–H and O–H groups in total. The van der Waals surface area contributed by atoms with E-state index in [2.05, 4.69) is 72.4 Å². The number of fused-ring (bicyclic) bond motifs is 3. The Kier molecular flexibility index (Phi) is 21.7. The van der Waals surface area contributed by atoms with Gasteiger partial charge in [-0.05, 0) is 115 Å². The molecule has 426 valence electrons. The smallest absolute Gasteiger partial charge is 0.244 e. The molecule has 80 heavy (non-hydrogen) atoms. The van der Waals surface area contributed by atoms with E-state index in [9.17, 15) is 38.4 Å². The third kappa shape index (κ3) is 15.8. The molecule has 0 radical (unpaired) electrons. The molecule has 7 rings (SSSR count). The summed E-state index contributed by atoms with van der Waals surface area (Å²) in [6.07, 6.45) is 7.92. The monoisotopic (exact) mass is 1130 g/mol. The van der Waals surface area contributed by atoms with E-state index >= 15 is 0 Å². The van der Waals surface area contributed by atoms with E-state index in [0.29, 0.717) is 56.2 Å². The number of carbonyl (C=O) groups is 8. The van der Waals surface area contributed by atoms with Crippen LogP contribution in [0.5, 0.6) is 0 Å². The van der Waals surface area contributed by atoms with Gasteiger partial charge in [-0.15, -0.1) is 0 Å². The molecular formula is C58H74N12O8S2. The van der Waals surface area contributed by atoms with Gasteiger partial charge >= 0.3 is 0 Å². The number of nitrogens with one attached hydrogen (secondary N) is 8. The summed E-state index contributed by atoms with van der Waals surface area (Å²) in [6, 6.07) is 16.9. The first-order valence-electron chi connectivity index (χ1n) is 27.1. The minimum Gasteiger partial charge on any atom is -0.368 e. The van der Waals surface area contributed by atoms with Crippen molar-refractivity contribution in [2.75, 3.05) is 18.1 Å². The molecule has 22 heteroatoms. The minimum atomic E-state index is -1.35. The molecule has 5 aromatic rings. The number of aromatic nitrogens is 2. The maximum Gasteiger partial charge on any atom is 0.244 e. The number of carbonyl (C=O) groups excluding carboxylic acids is 8. The van der Waals surface area contributed by atoms with Crippen molar-refractivity contribution in [3.63, 3.8) is 0 Å². The third-order valence-corrected chi connectivity index (χ3v) is 15.8. The number of aromatic amines is 1. The number of benzene rings is 3. The quantitative estimate of drug-likeness (QED) is 0.0248. The van der Waals surface area contributed by atoms with E-state index in [0.717, 1.165) is 33.2 Å². The molecule has 8 amide bonds. The summed E-state index contributed by atoms with van der Waals surface area (Å²) >= 11 is 8.74. The van der Waals surface area contributed by atoms with Gasteiger partial charge in [0.1, 0.15) is 42.3 Å². The average molecular weight is 1130 g/mol. The van der Waals surface area contributed by atoms with Crippen LogP contribution in [-0.4, -0.2) is 124 Å². The highest BCUT2D eigenvalue weighted by atomic mass is 32.1. The highest BCUT2D eigenvalue weighted by molar-refractivity contribution is 7.80. The van der Waals surface area contributed by atoms with Crippen LogP contribution in [0, 0.1) is 17.8 Å². The molecule has 3 aromatic carbocycles. The number of rotatable bonds is 28. The fourth-order valence-corrected chi connectivity index (χ4v) is 11.1. The summed E-state index contributed by atoms with van der Waals surface area (Å²) in [5.41, 5.74) is 24.5. The van der Waals surface area contributed by atoms with Crippen molar-refractivity contribution < 1.29 is 38.4 Å². The number of hydrogen-bond acceptors (Lipinski definition) is 13. The van der Waals surface area contributed by atoms with Gasteiger partial charge < -0.3 is 59.4 Å². The number of pyridine rings is 1. The normalized spacial score (nSPS) is 16.1. The number of primary amides is 1. The molecular weight excluding hydrogens is 1060 g/mol. The standard InChI is InChI=1S/C58H74N12O8S2/c1-32(2)49(58(78)68-47(31-80)56(76)70-50(51(61)71)39-25-36-15-5-6-16-37(36)26-39)69-52(72)43(19-9-10-20-59)64-54(74)45(27-40-29-63-42-18-8-7-17-41(40)42)66-53(73)44(22-33-12-11-21-62-28-33)65-55(75)46(30-79)67-57(77)48(60)38-23-34-13-3-4-14-35(34)24-38/h3-8,11-18,21,28-29,32,38-39,43-50,63,79-80H,9-10,19-20,22-27,30-31,59-60H2,1-2H3,(H2,61,71)(H,64,74)(H,65,75)(H,66,73)(H,67,77)(H,68,78)(H,69,72)(H,70,76)/t43-,44-,45+,46+,47-,48?,49-,50?/m0/s1. The summed E-state index contributed by atoms with van der Waals surface area (Å²) in [5, 5.41) is 20.2. The topological polar surface area (TPSA) is 328 Å². The van der Waals surface area contributed by atoms with Crippen molar-refractivity contribution in [3.05, 3.63) is 137 Å². The first-order valence-corrected chi connectivity index (χ1v) is 28.4. The van der Waals surface area contributed by atoms with Crippen LogP contribution in [0.25, 0.3) is 10.9 Å². The van der Waals surface area contributed by atoms with Gasteiger partial charge in [-0.25, -0.2) is 0 Å². The van der Waals surface area contributed by atoms with Gasteiger partial charge in [0.25, 0.3) is 0 Å². The van der Waals surface area contributed by atoms with Crippen molar-refractivity contribution in [3.8, 4) is 0 Å². The third-order valence-electron chi connectivity index (χ3n) is 15.0. The highest BCUT2D eigenvalue weighted by Gasteiger charge is 2.38. The van der Waals surface area contributed by atoms with E-state index in [1.165, 1.54) is 6.20 Å². The molecule has 2 unspecified atom stereocenters. The lowest BCUT2D eigenvalue weighted by Crippen LogP contribution is -2.61. The zero-order chi connectivity index (χ0) is 57.5. The molecule has 2 heterocycles. The van der Waals surface area contributed by atoms with E-state index in [-0.39, 0.29) is 42.6 Å². The lowest BCUT2D eigenvalue weighted by Gasteiger charge is -2.29. The summed E-state index contributed by atoms with van der Waals surface area (Å²) in [7, 11) is 0. The van der Waals surface area contributed by atoms with Crippen LogP contribution < -0.4 is 54.4 Å². The lowest BCUT2D eigenvalue weighted by atomic mass is 9.95. The van der Waals surface area contributed by atoms with Crippen molar-refractivity contribution in [1.29, 1.82) is 0 Å². The molecule has 8 atom stereocenters. The zero-order valence-corrected chi connectivity index (χ0v) is 46.8. The fraction of sp³-hybridized carbons (Fsp3) is 0.431. The molecule has 20 nitrogen and oxygen atoms in total. The van der Waals surface area contributed by atoms with Crippen LogP contribution in [0.3, 0.4) is 0 Å². The Hall–Kier alpha value is -7.27. The van der Waals surface area contributed by atoms with Crippen LogP contribution in [0.15, 0.2) is 104 Å². The number of para-hydroxylation sites is 1. The Morgan fingerprint density at radius 1 is 0.588 bits per heavy atom. The summed E-state index contributed by atoms with van der Waals surface area (Å²) < 4.78 is 0. The molecule has 2 aromatic heterocycles. The Morgan fingerprint density at radius 2 is 1.09 bits per heavy atom. The van der Waals surface area contributed by atoms with Gasteiger partial charge in [-0.2, -0.15) is 25.3 Å². The minimum absolute atomic E-state index is 0.0700. The van der Waals surface area contributed by atoms with Gasteiger partial charge in [-0.3, -0.25) is 43.3 Å². The second-order valence-electron chi connectivity index (χ2n) is 21.1. The number of thiol groups is 2. The van der Waals surface area contributed by atoms with E-state index in [1.54, 1.807) is 38.4 Å². The molecule has 0 fully saturated rings. The van der Waals surface area contributed by atoms with Gasteiger partial charge in [0.15, 0.2) is 0 Å². The Labute approximate surface area is 476 Å². The number of hydrogen-bond donors (Lipinski definition) is 13. The summed E-state index contributed by atoms with van der Waals surface area (Å²) in [4.78, 5) is 120. The van der Waals surface area contributed by atoms with Crippen LogP contribution in [-0.2, 0) is 76.9 Å². The second kappa shape index (κ2) is 28.7. The Balaban J connectivity index is 1.07.